The topological polar surface area (TPSA) is 29.5 Å². The number of para-hydroxylation sites is 1. The van der Waals surface area contributed by atoms with Crippen molar-refractivity contribution in [1.82, 2.24) is 4.90 Å². The van der Waals surface area contributed by atoms with E-state index in [9.17, 15) is 9.18 Å². The first-order chi connectivity index (χ1) is 11.2. The van der Waals surface area contributed by atoms with Crippen LogP contribution in [0.4, 0.5) is 4.39 Å². The third kappa shape index (κ3) is 3.21. The second-order valence-corrected chi connectivity index (χ2v) is 5.78. The molecule has 2 aromatic carbocycles. The van der Waals surface area contributed by atoms with E-state index < -0.39 is 12.1 Å². The van der Waals surface area contributed by atoms with Gasteiger partial charge in [-0.15, -0.1) is 0 Å². The quantitative estimate of drug-likeness (QED) is 0.841. The SMILES string of the molecule is COc1ccccc1CN1CCC(C(F)c2ccccc2)C1=O. The fourth-order valence-electron chi connectivity index (χ4n) is 3.10. The first-order valence-corrected chi connectivity index (χ1v) is 7.80. The number of alkyl halides is 1. The molecular weight excluding hydrogens is 293 g/mol. The Balaban J connectivity index is 1.72. The molecule has 23 heavy (non-hydrogen) atoms. The largest absolute Gasteiger partial charge is 0.496 e. The Morgan fingerprint density at radius 1 is 1.17 bits per heavy atom. The molecule has 3 nitrogen and oxygen atoms in total. The van der Waals surface area contributed by atoms with E-state index >= 15 is 0 Å². The Hall–Kier alpha value is -2.36. The van der Waals surface area contributed by atoms with E-state index in [2.05, 4.69) is 0 Å². The zero-order valence-corrected chi connectivity index (χ0v) is 13.1. The molecule has 0 spiro atoms. The zero-order valence-electron chi connectivity index (χ0n) is 13.1. The van der Waals surface area contributed by atoms with Crippen LogP contribution >= 0.6 is 0 Å². The van der Waals surface area contributed by atoms with Crippen LogP contribution in [0.2, 0.25) is 0 Å². The molecule has 2 atom stereocenters. The minimum absolute atomic E-state index is 0.118. The lowest BCUT2D eigenvalue weighted by atomic mass is 9.96. The summed E-state index contributed by atoms with van der Waals surface area (Å²) in [5.41, 5.74) is 1.52. The first kappa shape index (κ1) is 15.5. The average molecular weight is 313 g/mol. The van der Waals surface area contributed by atoms with Gasteiger partial charge in [-0.1, -0.05) is 48.5 Å². The monoisotopic (exact) mass is 313 g/mol. The highest BCUT2D eigenvalue weighted by molar-refractivity contribution is 5.81. The van der Waals surface area contributed by atoms with Gasteiger partial charge < -0.3 is 9.64 Å². The number of carbonyl (C=O) groups is 1. The Labute approximate surface area is 135 Å². The van der Waals surface area contributed by atoms with Gasteiger partial charge in [0.25, 0.3) is 0 Å². The minimum Gasteiger partial charge on any atom is -0.496 e. The molecule has 1 aliphatic rings. The van der Waals surface area contributed by atoms with Crippen molar-refractivity contribution in [2.45, 2.75) is 19.1 Å². The lowest BCUT2D eigenvalue weighted by molar-refractivity contribution is -0.133. The normalized spacial score (nSPS) is 19.0. The van der Waals surface area contributed by atoms with Crippen molar-refractivity contribution in [3.05, 3.63) is 65.7 Å². The molecule has 0 N–H and O–H groups in total. The van der Waals surface area contributed by atoms with Crippen molar-refractivity contribution in [3.63, 3.8) is 0 Å². The second-order valence-electron chi connectivity index (χ2n) is 5.78. The molecule has 1 heterocycles. The number of amides is 1. The van der Waals surface area contributed by atoms with Gasteiger partial charge in [0.15, 0.2) is 0 Å². The van der Waals surface area contributed by atoms with Gasteiger partial charge >= 0.3 is 0 Å². The number of carbonyl (C=O) groups excluding carboxylic acids is 1. The fraction of sp³-hybridized carbons (Fsp3) is 0.316. The lowest BCUT2D eigenvalue weighted by Gasteiger charge is -2.19. The summed E-state index contributed by atoms with van der Waals surface area (Å²) in [5, 5.41) is 0. The van der Waals surface area contributed by atoms with Gasteiger partial charge in [0, 0.05) is 18.7 Å². The molecule has 1 fully saturated rings. The third-order valence-corrected chi connectivity index (χ3v) is 4.36. The minimum atomic E-state index is -1.24. The predicted octanol–water partition coefficient (Wildman–Crippen LogP) is 3.75. The molecule has 0 radical (unpaired) electrons. The molecule has 1 saturated heterocycles. The highest BCUT2D eigenvalue weighted by Crippen LogP contribution is 2.35. The maximum absolute atomic E-state index is 14.7. The van der Waals surface area contributed by atoms with E-state index in [0.717, 1.165) is 11.3 Å². The molecule has 2 unspecified atom stereocenters. The van der Waals surface area contributed by atoms with E-state index in [4.69, 9.17) is 4.74 Å². The van der Waals surface area contributed by atoms with Gasteiger partial charge in [0.1, 0.15) is 11.9 Å². The fourth-order valence-corrected chi connectivity index (χ4v) is 3.10. The predicted molar refractivity (Wildman–Crippen MR) is 86.8 cm³/mol. The van der Waals surface area contributed by atoms with Gasteiger partial charge in [-0.3, -0.25) is 4.79 Å². The Morgan fingerprint density at radius 3 is 2.61 bits per heavy atom. The van der Waals surface area contributed by atoms with Crippen LogP contribution in [0.1, 0.15) is 23.7 Å². The molecule has 1 amide bonds. The highest BCUT2D eigenvalue weighted by atomic mass is 19.1. The summed E-state index contributed by atoms with van der Waals surface area (Å²) < 4.78 is 20.0. The van der Waals surface area contributed by atoms with Crippen LogP contribution in [0.25, 0.3) is 0 Å². The maximum atomic E-state index is 14.7. The van der Waals surface area contributed by atoms with E-state index in [1.165, 1.54) is 0 Å². The summed E-state index contributed by atoms with van der Waals surface area (Å²) in [6.07, 6.45) is -0.698. The van der Waals surface area contributed by atoms with Gasteiger partial charge in [-0.2, -0.15) is 0 Å². The van der Waals surface area contributed by atoms with E-state index in [-0.39, 0.29) is 5.91 Å². The Kier molecular flexibility index (Phi) is 4.60. The summed E-state index contributed by atoms with van der Waals surface area (Å²) in [6.45, 7) is 1.04. The van der Waals surface area contributed by atoms with Crippen LogP contribution in [-0.2, 0) is 11.3 Å². The van der Waals surface area contributed by atoms with E-state index in [1.54, 1.807) is 36.3 Å². The number of nitrogens with zero attached hydrogens (tertiary/aromatic N) is 1. The second kappa shape index (κ2) is 6.82. The van der Waals surface area contributed by atoms with Crippen LogP contribution in [0.15, 0.2) is 54.6 Å². The smallest absolute Gasteiger partial charge is 0.229 e. The number of benzene rings is 2. The molecule has 0 aliphatic carbocycles. The van der Waals surface area contributed by atoms with Crippen LogP contribution in [0.3, 0.4) is 0 Å². The highest BCUT2D eigenvalue weighted by Gasteiger charge is 2.38. The number of rotatable bonds is 5. The molecule has 0 saturated carbocycles. The van der Waals surface area contributed by atoms with Crippen LogP contribution < -0.4 is 4.74 Å². The van der Waals surface area contributed by atoms with Crippen molar-refractivity contribution in [2.75, 3.05) is 13.7 Å². The van der Waals surface area contributed by atoms with Crippen molar-refractivity contribution in [2.24, 2.45) is 5.92 Å². The summed E-state index contributed by atoms with van der Waals surface area (Å²) in [7, 11) is 1.61. The number of hydrogen-bond donors (Lipinski definition) is 0. The number of ether oxygens (including phenoxy) is 1. The Bertz CT molecular complexity index is 674. The lowest BCUT2D eigenvalue weighted by Crippen LogP contribution is -2.28. The molecule has 4 heteroatoms. The molecule has 0 aromatic heterocycles. The van der Waals surface area contributed by atoms with Gasteiger partial charge in [-0.05, 0) is 18.1 Å². The van der Waals surface area contributed by atoms with Gasteiger partial charge in [-0.25, -0.2) is 4.39 Å². The number of likely N-dealkylation sites (tertiary alicyclic amines) is 1. The van der Waals surface area contributed by atoms with Crippen LogP contribution in [0.5, 0.6) is 5.75 Å². The number of hydrogen-bond acceptors (Lipinski definition) is 2. The first-order valence-electron chi connectivity index (χ1n) is 7.80. The van der Waals surface area contributed by atoms with Crippen molar-refractivity contribution in [3.8, 4) is 5.75 Å². The van der Waals surface area contributed by atoms with E-state index in [0.29, 0.717) is 25.1 Å². The summed E-state index contributed by atoms with van der Waals surface area (Å²) in [5.74, 6) is 0.0444. The van der Waals surface area contributed by atoms with Gasteiger partial charge in [0.2, 0.25) is 5.91 Å². The molecule has 0 bridgehead atoms. The van der Waals surface area contributed by atoms with Crippen molar-refractivity contribution < 1.29 is 13.9 Å². The Morgan fingerprint density at radius 2 is 1.87 bits per heavy atom. The van der Waals surface area contributed by atoms with Crippen LogP contribution in [0, 0.1) is 5.92 Å². The molecule has 120 valence electrons. The number of halogens is 1. The van der Waals surface area contributed by atoms with Crippen molar-refractivity contribution >= 4 is 5.91 Å². The standard InChI is InChI=1S/C19H20FNO2/c1-23-17-10-6-5-9-15(17)13-21-12-11-16(19(21)22)18(20)14-7-3-2-4-8-14/h2-10,16,18H,11-13H2,1H3. The molecule has 1 aliphatic heterocycles. The zero-order chi connectivity index (χ0) is 16.2. The number of methoxy groups -OCH3 is 1. The summed E-state index contributed by atoms with van der Waals surface area (Å²) in [4.78, 5) is 14.3. The summed E-state index contributed by atoms with van der Waals surface area (Å²) >= 11 is 0. The van der Waals surface area contributed by atoms with Gasteiger partial charge in [0.05, 0.1) is 13.0 Å². The summed E-state index contributed by atoms with van der Waals surface area (Å²) in [6, 6.07) is 16.5. The van der Waals surface area contributed by atoms with Crippen molar-refractivity contribution in [1.29, 1.82) is 0 Å². The van der Waals surface area contributed by atoms with Crippen LogP contribution in [-0.4, -0.2) is 24.5 Å². The third-order valence-electron chi connectivity index (χ3n) is 4.36. The molecule has 3 rings (SSSR count). The molecule has 2 aromatic rings. The van der Waals surface area contributed by atoms with E-state index in [1.807, 2.05) is 30.3 Å². The molecular formula is C19H20FNO2. The average Bonchev–Trinajstić information content (AvgIpc) is 2.96. The maximum Gasteiger partial charge on any atom is 0.229 e.